The van der Waals surface area contributed by atoms with Crippen molar-refractivity contribution in [2.75, 3.05) is 6.61 Å². The predicted octanol–water partition coefficient (Wildman–Crippen LogP) is 3.87. The average molecular weight is 234 g/mol. The molecular formula is C15H22O2. The van der Waals surface area contributed by atoms with E-state index in [1.807, 2.05) is 26.0 Å². The summed E-state index contributed by atoms with van der Waals surface area (Å²) in [4.78, 5) is 11.6. The van der Waals surface area contributed by atoms with E-state index >= 15 is 0 Å². The van der Waals surface area contributed by atoms with Crippen LogP contribution in [0.1, 0.15) is 57.1 Å². The van der Waals surface area contributed by atoms with Crippen LogP contribution in [0, 0.1) is 0 Å². The molecule has 17 heavy (non-hydrogen) atoms. The first kappa shape index (κ1) is 13.8. The van der Waals surface area contributed by atoms with Crippen LogP contribution in [-0.4, -0.2) is 12.6 Å². The Kier molecular flexibility index (Phi) is 5.20. The standard InChI is InChI=1S/C15H22O2/c1-5-11(3)13-7-9-14(10-8-13)12(4)15(16)17-6-2/h7-12H,5-6H2,1-4H3. The molecule has 94 valence electrons. The maximum Gasteiger partial charge on any atom is 0.313 e. The fraction of sp³-hybridized carbons (Fsp3) is 0.533. The number of esters is 1. The minimum Gasteiger partial charge on any atom is -0.466 e. The summed E-state index contributed by atoms with van der Waals surface area (Å²) in [5.74, 6) is 0.242. The third kappa shape index (κ3) is 3.58. The van der Waals surface area contributed by atoms with Gasteiger partial charge in [-0.3, -0.25) is 4.79 Å². The van der Waals surface area contributed by atoms with Crippen LogP contribution in [0.25, 0.3) is 0 Å². The number of carbonyl (C=O) groups is 1. The van der Waals surface area contributed by atoms with Gasteiger partial charge < -0.3 is 4.74 Å². The summed E-state index contributed by atoms with van der Waals surface area (Å²) >= 11 is 0. The van der Waals surface area contributed by atoms with Crippen molar-refractivity contribution in [3.8, 4) is 0 Å². The quantitative estimate of drug-likeness (QED) is 0.723. The molecule has 0 heterocycles. The summed E-state index contributed by atoms with van der Waals surface area (Å²) in [5.41, 5.74) is 2.35. The molecule has 0 fully saturated rings. The van der Waals surface area contributed by atoms with Gasteiger partial charge in [-0.15, -0.1) is 0 Å². The van der Waals surface area contributed by atoms with E-state index in [-0.39, 0.29) is 11.9 Å². The molecule has 0 spiro atoms. The van der Waals surface area contributed by atoms with Crippen LogP contribution in [-0.2, 0) is 9.53 Å². The van der Waals surface area contributed by atoms with Crippen LogP contribution in [0.2, 0.25) is 0 Å². The topological polar surface area (TPSA) is 26.3 Å². The molecular weight excluding hydrogens is 212 g/mol. The third-order valence-electron chi connectivity index (χ3n) is 3.26. The summed E-state index contributed by atoms with van der Waals surface area (Å²) < 4.78 is 5.02. The zero-order chi connectivity index (χ0) is 12.8. The van der Waals surface area contributed by atoms with E-state index in [4.69, 9.17) is 4.74 Å². The smallest absolute Gasteiger partial charge is 0.313 e. The van der Waals surface area contributed by atoms with Crippen molar-refractivity contribution in [3.63, 3.8) is 0 Å². The van der Waals surface area contributed by atoms with Crippen LogP contribution in [0.3, 0.4) is 0 Å². The van der Waals surface area contributed by atoms with Crippen LogP contribution in [0.5, 0.6) is 0 Å². The minimum atomic E-state index is -0.180. The Labute approximate surface area is 104 Å². The highest BCUT2D eigenvalue weighted by atomic mass is 16.5. The van der Waals surface area contributed by atoms with E-state index in [1.54, 1.807) is 0 Å². The highest BCUT2D eigenvalue weighted by Gasteiger charge is 2.16. The van der Waals surface area contributed by atoms with Gasteiger partial charge in [0.15, 0.2) is 0 Å². The fourth-order valence-corrected chi connectivity index (χ4v) is 1.75. The van der Waals surface area contributed by atoms with Gasteiger partial charge in [0.05, 0.1) is 12.5 Å². The van der Waals surface area contributed by atoms with E-state index < -0.39 is 0 Å². The largest absolute Gasteiger partial charge is 0.466 e. The molecule has 0 radical (unpaired) electrons. The Hall–Kier alpha value is -1.31. The van der Waals surface area contributed by atoms with Crippen molar-refractivity contribution in [3.05, 3.63) is 35.4 Å². The second kappa shape index (κ2) is 6.43. The van der Waals surface area contributed by atoms with Crippen molar-refractivity contribution in [1.82, 2.24) is 0 Å². The number of hydrogen-bond donors (Lipinski definition) is 0. The average Bonchev–Trinajstić information content (AvgIpc) is 2.37. The lowest BCUT2D eigenvalue weighted by Gasteiger charge is -2.13. The zero-order valence-corrected chi connectivity index (χ0v) is 11.2. The first-order valence-electron chi connectivity index (χ1n) is 6.36. The molecule has 0 aromatic heterocycles. The highest BCUT2D eigenvalue weighted by molar-refractivity contribution is 5.77. The Morgan fingerprint density at radius 2 is 1.65 bits per heavy atom. The molecule has 0 aliphatic rings. The molecule has 2 heteroatoms. The van der Waals surface area contributed by atoms with Gasteiger partial charge in [0.2, 0.25) is 0 Å². The molecule has 0 saturated carbocycles. The second-order valence-corrected chi connectivity index (χ2v) is 4.45. The van der Waals surface area contributed by atoms with Gasteiger partial charge in [0.25, 0.3) is 0 Å². The maximum absolute atomic E-state index is 11.6. The van der Waals surface area contributed by atoms with Crippen LogP contribution >= 0.6 is 0 Å². The van der Waals surface area contributed by atoms with Crippen molar-refractivity contribution in [1.29, 1.82) is 0 Å². The van der Waals surface area contributed by atoms with Gasteiger partial charge in [-0.05, 0) is 37.3 Å². The van der Waals surface area contributed by atoms with Crippen LogP contribution in [0.15, 0.2) is 24.3 Å². The summed E-state index contributed by atoms with van der Waals surface area (Å²) in [6.07, 6.45) is 1.13. The molecule has 0 saturated heterocycles. The lowest BCUT2D eigenvalue weighted by molar-refractivity contribution is -0.144. The first-order valence-corrected chi connectivity index (χ1v) is 6.36. The number of hydrogen-bond acceptors (Lipinski definition) is 2. The Bertz CT molecular complexity index is 354. The number of benzene rings is 1. The molecule has 2 nitrogen and oxygen atoms in total. The molecule has 0 N–H and O–H groups in total. The zero-order valence-electron chi connectivity index (χ0n) is 11.2. The predicted molar refractivity (Wildman–Crippen MR) is 70.2 cm³/mol. The highest BCUT2D eigenvalue weighted by Crippen LogP contribution is 2.22. The van der Waals surface area contributed by atoms with Gasteiger partial charge >= 0.3 is 5.97 Å². The summed E-state index contributed by atoms with van der Waals surface area (Å²) in [6, 6.07) is 8.28. The first-order chi connectivity index (χ1) is 8.10. The van der Waals surface area contributed by atoms with Crippen molar-refractivity contribution in [2.24, 2.45) is 0 Å². The molecule has 0 amide bonds. The molecule has 2 atom stereocenters. The minimum absolute atomic E-state index is 0.149. The fourth-order valence-electron chi connectivity index (χ4n) is 1.75. The van der Waals surface area contributed by atoms with Crippen molar-refractivity contribution in [2.45, 2.75) is 46.0 Å². The normalized spacial score (nSPS) is 14.1. The lowest BCUT2D eigenvalue weighted by atomic mass is 9.94. The van der Waals surface area contributed by atoms with Crippen LogP contribution in [0.4, 0.5) is 0 Å². The Morgan fingerprint density at radius 3 is 2.12 bits per heavy atom. The van der Waals surface area contributed by atoms with Crippen LogP contribution < -0.4 is 0 Å². The van der Waals surface area contributed by atoms with Gasteiger partial charge in [-0.25, -0.2) is 0 Å². The number of carbonyl (C=O) groups excluding carboxylic acids is 1. The van der Waals surface area contributed by atoms with E-state index in [2.05, 4.69) is 26.0 Å². The monoisotopic (exact) mass is 234 g/mol. The van der Waals surface area contributed by atoms with E-state index in [1.165, 1.54) is 5.56 Å². The molecule has 1 aromatic rings. The molecule has 0 bridgehead atoms. The summed E-state index contributed by atoms with van der Waals surface area (Å²) in [7, 11) is 0. The summed E-state index contributed by atoms with van der Waals surface area (Å²) in [6.45, 7) is 8.55. The van der Waals surface area contributed by atoms with Gasteiger partial charge in [0, 0.05) is 0 Å². The van der Waals surface area contributed by atoms with E-state index in [0.29, 0.717) is 12.5 Å². The van der Waals surface area contributed by atoms with Crippen molar-refractivity contribution < 1.29 is 9.53 Å². The van der Waals surface area contributed by atoms with Gasteiger partial charge in [0.1, 0.15) is 0 Å². The maximum atomic E-state index is 11.6. The molecule has 0 aliphatic heterocycles. The second-order valence-electron chi connectivity index (χ2n) is 4.45. The summed E-state index contributed by atoms with van der Waals surface area (Å²) in [5, 5.41) is 0. The van der Waals surface area contributed by atoms with E-state index in [9.17, 15) is 4.79 Å². The Morgan fingerprint density at radius 1 is 1.12 bits per heavy atom. The SMILES string of the molecule is CCOC(=O)C(C)c1ccc(C(C)CC)cc1. The number of rotatable bonds is 5. The Balaban J connectivity index is 2.76. The van der Waals surface area contributed by atoms with E-state index in [0.717, 1.165) is 12.0 Å². The third-order valence-corrected chi connectivity index (χ3v) is 3.26. The lowest BCUT2D eigenvalue weighted by Crippen LogP contribution is -2.12. The molecule has 0 aliphatic carbocycles. The van der Waals surface area contributed by atoms with Crippen molar-refractivity contribution >= 4 is 5.97 Å². The van der Waals surface area contributed by atoms with Gasteiger partial charge in [-0.1, -0.05) is 38.1 Å². The molecule has 1 rings (SSSR count). The number of ether oxygens (including phenoxy) is 1. The van der Waals surface area contributed by atoms with Gasteiger partial charge in [-0.2, -0.15) is 0 Å². The molecule has 2 unspecified atom stereocenters. The molecule has 1 aromatic carbocycles.